The second-order valence-electron chi connectivity index (χ2n) is 13.1. The van der Waals surface area contributed by atoms with Gasteiger partial charge in [-0.2, -0.15) is 0 Å². The van der Waals surface area contributed by atoms with Crippen LogP contribution in [0, 0.1) is 52.3 Å². The van der Waals surface area contributed by atoms with Gasteiger partial charge in [0, 0.05) is 36.5 Å². The number of hydrogen-bond donors (Lipinski definition) is 2. The molecule has 13 atom stereocenters. The lowest BCUT2D eigenvalue weighted by molar-refractivity contribution is -0.272. The highest BCUT2D eigenvalue weighted by Crippen LogP contribution is 2.70. The molecule has 4 saturated carbocycles. The van der Waals surface area contributed by atoms with Gasteiger partial charge in [0.2, 0.25) is 0 Å². The standard InChI is InChI=1S/C27H40O6/c1-13-5-6-27(32-12-13)14(2)24-22(33-27)9-17-15-7-19(28)18-8-20(29)21(30)11-25(18,3)16(15)10-23(31)26(17,24)4/h13-20,22,24,28-29H,5-12H2,1-4H3/t13-,14-,15+,16-,17-,18+,19+,20+,22-,24-,25+,26+,27+/m0/s1. The first-order valence-corrected chi connectivity index (χ1v) is 13.2. The summed E-state index contributed by atoms with van der Waals surface area (Å²) in [5.74, 6) is 0.802. The van der Waals surface area contributed by atoms with E-state index in [0.717, 1.165) is 19.3 Å². The van der Waals surface area contributed by atoms with Gasteiger partial charge in [-0.25, -0.2) is 0 Å². The summed E-state index contributed by atoms with van der Waals surface area (Å²) in [6, 6.07) is 0. The van der Waals surface area contributed by atoms with Crippen molar-refractivity contribution in [3.8, 4) is 0 Å². The second-order valence-corrected chi connectivity index (χ2v) is 13.1. The Kier molecular flexibility index (Phi) is 4.88. The monoisotopic (exact) mass is 460 g/mol. The average Bonchev–Trinajstić information content (AvgIpc) is 3.20. The molecule has 0 unspecified atom stereocenters. The Bertz CT molecular complexity index is 863. The van der Waals surface area contributed by atoms with Gasteiger partial charge in [0.15, 0.2) is 11.6 Å². The molecule has 6 heteroatoms. The summed E-state index contributed by atoms with van der Waals surface area (Å²) in [6.45, 7) is 9.42. The maximum absolute atomic E-state index is 14.0. The van der Waals surface area contributed by atoms with E-state index < -0.39 is 28.8 Å². The van der Waals surface area contributed by atoms with E-state index in [4.69, 9.17) is 9.47 Å². The molecule has 2 heterocycles. The van der Waals surface area contributed by atoms with Gasteiger partial charge in [0.1, 0.15) is 11.9 Å². The van der Waals surface area contributed by atoms with E-state index in [-0.39, 0.29) is 53.8 Å². The summed E-state index contributed by atoms with van der Waals surface area (Å²) in [4.78, 5) is 26.6. The maximum Gasteiger partial charge on any atom is 0.171 e. The topological polar surface area (TPSA) is 93.1 Å². The molecule has 2 saturated heterocycles. The molecule has 6 aliphatic rings. The third kappa shape index (κ3) is 2.81. The van der Waals surface area contributed by atoms with Crippen molar-refractivity contribution in [3.63, 3.8) is 0 Å². The molecule has 6 fully saturated rings. The van der Waals surface area contributed by atoms with Gasteiger partial charge >= 0.3 is 0 Å². The molecule has 0 aromatic carbocycles. The Hall–Kier alpha value is -0.820. The third-order valence-electron chi connectivity index (χ3n) is 11.6. The van der Waals surface area contributed by atoms with Crippen molar-refractivity contribution in [2.75, 3.05) is 6.61 Å². The molecule has 2 aliphatic heterocycles. The normalized spacial score (nSPS) is 60.3. The first-order chi connectivity index (χ1) is 15.5. The lowest BCUT2D eigenvalue weighted by atomic mass is 9.43. The molecule has 0 bridgehead atoms. The number of hydrogen-bond acceptors (Lipinski definition) is 6. The number of aliphatic hydroxyl groups is 2. The van der Waals surface area contributed by atoms with Crippen LogP contribution in [-0.2, 0) is 19.1 Å². The molecule has 0 aromatic rings. The summed E-state index contributed by atoms with van der Waals surface area (Å²) >= 11 is 0. The first-order valence-electron chi connectivity index (χ1n) is 13.2. The van der Waals surface area contributed by atoms with Crippen molar-refractivity contribution in [3.05, 3.63) is 0 Å². The summed E-state index contributed by atoms with van der Waals surface area (Å²) < 4.78 is 13.1. The molecule has 0 amide bonds. The van der Waals surface area contributed by atoms with Crippen LogP contribution in [0.4, 0.5) is 0 Å². The van der Waals surface area contributed by atoms with Crippen LogP contribution in [-0.4, -0.2) is 52.5 Å². The molecular weight excluding hydrogens is 420 g/mol. The highest BCUT2D eigenvalue weighted by molar-refractivity contribution is 5.88. The average molecular weight is 461 g/mol. The summed E-state index contributed by atoms with van der Waals surface area (Å²) in [5, 5.41) is 21.4. The minimum absolute atomic E-state index is 0.0172. The van der Waals surface area contributed by atoms with Gasteiger partial charge in [-0.3, -0.25) is 9.59 Å². The zero-order valence-electron chi connectivity index (χ0n) is 20.5. The van der Waals surface area contributed by atoms with Crippen LogP contribution in [0.25, 0.3) is 0 Å². The van der Waals surface area contributed by atoms with Crippen molar-refractivity contribution in [1.82, 2.24) is 0 Å². The molecule has 33 heavy (non-hydrogen) atoms. The minimum Gasteiger partial charge on any atom is -0.393 e. The SMILES string of the molecule is C[C@H]1CC[C@@]2(OC1)O[C@H]1C[C@H]3[C@@H]4C[C@@H](O)[C@H]5C[C@@H](O)C(=O)C[C@]5(C)[C@H]4CC(=O)[C@]3(C)[C@H]1[C@@H]2C. The molecule has 0 radical (unpaired) electrons. The zero-order chi connectivity index (χ0) is 23.5. The Balaban J connectivity index is 1.33. The van der Waals surface area contributed by atoms with E-state index in [0.29, 0.717) is 37.6 Å². The van der Waals surface area contributed by atoms with E-state index >= 15 is 0 Å². The highest BCUT2D eigenvalue weighted by atomic mass is 16.7. The number of carbonyl (C=O) groups is 2. The highest BCUT2D eigenvalue weighted by Gasteiger charge is 2.72. The molecule has 1 spiro atoms. The molecule has 2 N–H and O–H groups in total. The summed E-state index contributed by atoms with van der Waals surface area (Å²) in [6.07, 6.45) is 3.04. The Labute approximate surface area is 196 Å². The van der Waals surface area contributed by atoms with Crippen LogP contribution in [0.5, 0.6) is 0 Å². The van der Waals surface area contributed by atoms with Crippen LogP contribution in [0.3, 0.4) is 0 Å². The Morgan fingerprint density at radius 1 is 1.00 bits per heavy atom. The lowest BCUT2D eigenvalue weighted by Crippen LogP contribution is -2.62. The summed E-state index contributed by atoms with van der Waals surface area (Å²) in [5.41, 5.74) is -0.897. The van der Waals surface area contributed by atoms with Crippen LogP contribution >= 0.6 is 0 Å². The van der Waals surface area contributed by atoms with Crippen LogP contribution < -0.4 is 0 Å². The summed E-state index contributed by atoms with van der Waals surface area (Å²) in [7, 11) is 0. The van der Waals surface area contributed by atoms with E-state index in [1.54, 1.807) is 0 Å². The van der Waals surface area contributed by atoms with Crippen LogP contribution in [0.1, 0.15) is 72.6 Å². The van der Waals surface area contributed by atoms with Gasteiger partial charge in [-0.1, -0.05) is 27.7 Å². The Morgan fingerprint density at radius 2 is 1.76 bits per heavy atom. The fraction of sp³-hybridized carbons (Fsp3) is 0.926. The van der Waals surface area contributed by atoms with Crippen molar-refractivity contribution in [2.45, 2.75) is 96.7 Å². The van der Waals surface area contributed by atoms with Gasteiger partial charge in [0.25, 0.3) is 0 Å². The van der Waals surface area contributed by atoms with Crippen LogP contribution in [0.2, 0.25) is 0 Å². The van der Waals surface area contributed by atoms with Crippen molar-refractivity contribution in [1.29, 1.82) is 0 Å². The Morgan fingerprint density at radius 3 is 2.45 bits per heavy atom. The second kappa shape index (κ2) is 7.11. The van der Waals surface area contributed by atoms with E-state index in [1.807, 2.05) is 0 Å². The molecule has 184 valence electrons. The van der Waals surface area contributed by atoms with Gasteiger partial charge < -0.3 is 19.7 Å². The molecule has 4 aliphatic carbocycles. The predicted octanol–water partition coefficient (Wildman–Crippen LogP) is 3.12. The van der Waals surface area contributed by atoms with E-state index in [9.17, 15) is 19.8 Å². The minimum atomic E-state index is -0.978. The van der Waals surface area contributed by atoms with Crippen molar-refractivity contribution in [2.24, 2.45) is 52.3 Å². The fourth-order valence-corrected chi connectivity index (χ4v) is 9.84. The zero-order valence-corrected chi connectivity index (χ0v) is 20.5. The molecule has 6 rings (SSSR count). The van der Waals surface area contributed by atoms with Crippen LogP contribution in [0.15, 0.2) is 0 Å². The smallest absolute Gasteiger partial charge is 0.171 e. The lowest BCUT2D eigenvalue weighted by Gasteiger charge is -2.61. The van der Waals surface area contributed by atoms with Crippen molar-refractivity contribution < 1.29 is 29.3 Å². The fourth-order valence-electron chi connectivity index (χ4n) is 9.84. The van der Waals surface area contributed by atoms with Gasteiger partial charge in [-0.05, 0) is 60.7 Å². The number of rotatable bonds is 0. The maximum atomic E-state index is 14.0. The van der Waals surface area contributed by atoms with Gasteiger partial charge in [0.05, 0.1) is 18.8 Å². The molecular formula is C27H40O6. The van der Waals surface area contributed by atoms with Crippen molar-refractivity contribution >= 4 is 11.6 Å². The quantitative estimate of drug-likeness (QED) is 0.577. The first kappa shape index (κ1) is 22.6. The molecule has 0 aromatic heterocycles. The van der Waals surface area contributed by atoms with E-state index in [1.165, 1.54) is 0 Å². The number of aliphatic hydroxyl groups excluding tert-OH is 2. The largest absolute Gasteiger partial charge is 0.393 e. The number of fused-ring (bicyclic) bond motifs is 7. The number of Topliss-reactive ketones (excluding diaryl/α,β-unsaturated/α-hetero) is 2. The predicted molar refractivity (Wildman–Crippen MR) is 120 cm³/mol. The number of ether oxygens (including phenoxy) is 2. The number of carbonyl (C=O) groups excluding carboxylic acids is 2. The number of ketones is 2. The van der Waals surface area contributed by atoms with Gasteiger partial charge in [-0.15, -0.1) is 0 Å². The van der Waals surface area contributed by atoms with E-state index in [2.05, 4.69) is 27.7 Å². The molecule has 6 nitrogen and oxygen atoms in total. The third-order valence-corrected chi connectivity index (χ3v) is 11.6.